The minimum Gasteiger partial charge on any atom is -0.481 e. The van der Waals surface area contributed by atoms with E-state index in [0.717, 1.165) is 12.8 Å². The van der Waals surface area contributed by atoms with Crippen molar-refractivity contribution in [2.75, 3.05) is 53.4 Å². The quantitative estimate of drug-likeness (QED) is 0.505. The van der Waals surface area contributed by atoms with Crippen LogP contribution in [0.15, 0.2) is 0 Å². The molecule has 0 aromatic carbocycles. The summed E-state index contributed by atoms with van der Waals surface area (Å²) >= 11 is 0. The van der Waals surface area contributed by atoms with Crippen molar-refractivity contribution in [1.82, 2.24) is 0 Å². The van der Waals surface area contributed by atoms with Crippen molar-refractivity contribution in [2.45, 2.75) is 19.3 Å². The molecule has 0 aliphatic heterocycles. The summed E-state index contributed by atoms with van der Waals surface area (Å²) in [5, 5.41) is 8.75. The van der Waals surface area contributed by atoms with Crippen molar-refractivity contribution in [3.8, 4) is 0 Å². The standard InChI is InChI=1S/C13H24O6/c1-16-4-5-17-6-7-18-8-9-19-11-13(2-3-13)10-12(14)15/h2-11H2,1H3,(H,14,15). The monoisotopic (exact) mass is 276 g/mol. The normalized spacial score (nSPS) is 16.5. The van der Waals surface area contributed by atoms with E-state index in [1.54, 1.807) is 7.11 Å². The molecule has 0 aromatic rings. The first kappa shape index (κ1) is 16.4. The van der Waals surface area contributed by atoms with E-state index in [1.807, 2.05) is 0 Å². The molecule has 6 nitrogen and oxygen atoms in total. The zero-order valence-electron chi connectivity index (χ0n) is 11.6. The number of carbonyl (C=O) groups is 1. The maximum absolute atomic E-state index is 10.6. The summed E-state index contributed by atoms with van der Waals surface area (Å²) in [6, 6.07) is 0. The Morgan fingerprint density at radius 3 is 2.00 bits per heavy atom. The molecule has 1 aliphatic rings. The minimum absolute atomic E-state index is 0.102. The summed E-state index contributed by atoms with van der Waals surface area (Å²) in [6.45, 7) is 3.78. The average molecular weight is 276 g/mol. The van der Waals surface area contributed by atoms with E-state index in [-0.39, 0.29) is 11.8 Å². The summed E-state index contributed by atoms with van der Waals surface area (Å²) in [4.78, 5) is 10.6. The minimum atomic E-state index is -0.745. The van der Waals surface area contributed by atoms with Crippen LogP contribution >= 0.6 is 0 Å². The highest BCUT2D eigenvalue weighted by molar-refractivity contribution is 5.68. The second kappa shape index (κ2) is 9.25. The fourth-order valence-corrected chi connectivity index (χ4v) is 1.74. The Kier molecular flexibility index (Phi) is 7.97. The Balaban J connectivity index is 1.83. The molecule has 0 spiro atoms. The first-order valence-corrected chi connectivity index (χ1v) is 6.62. The molecule has 1 saturated carbocycles. The molecule has 0 amide bonds. The van der Waals surface area contributed by atoms with Gasteiger partial charge in [0.2, 0.25) is 0 Å². The lowest BCUT2D eigenvalue weighted by Crippen LogP contribution is -2.18. The van der Waals surface area contributed by atoms with E-state index in [9.17, 15) is 4.79 Å². The van der Waals surface area contributed by atoms with Crippen LogP contribution in [0.4, 0.5) is 0 Å². The van der Waals surface area contributed by atoms with Crippen LogP contribution in [0.5, 0.6) is 0 Å². The number of hydrogen-bond acceptors (Lipinski definition) is 5. The molecular formula is C13H24O6. The number of methoxy groups -OCH3 is 1. The lowest BCUT2D eigenvalue weighted by Gasteiger charge is -2.12. The SMILES string of the molecule is COCCOCCOCCOCC1(CC(=O)O)CC1. The number of rotatable bonds is 13. The Hall–Kier alpha value is -0.690. The van der Waals surface area contributed by atoms with Gasteiger partial charge in [-0.1, -0.05) is 0 Å². The predicted octanol–water partition coefficient (Wildman–Crippen LogP) is 0.937. The highest BCUT2D eigenvalue weighted by atomic mass is 16.6. The van der Waals surface area contributed by atoms with Gasteiger partial charge in [-0.3, -0.25) is 4.79 Å². The molecule has 1 fully saturated rings. The molecule has 0 atom stereocenters. The van der Waals surface area contributed by atoms with Gasteiger partial charge in [-0.2, -0.15) is 0 Å². The van der Waals surface area contributed by atoms with Crippen LogP contribution in [0.1, 0.15) is 19.3 Å². The van der Waals surface area contributed by atoms with E-state index >= 15 is 0 Å². The van der Waals surface area contributed by atoms with Crippen LogP contribution in [-0.4, -0.2) is 64.4 Å². The summed E-state index contributed by atoms with van der Waals surface area (Å²) in [5.74, 6) is -0.745. The van der Waals surface area contributed by atoms with Gasteiger partial charge >= 0.3 is 5.97 Å². The van der Waals surface area contributed by atoms with Crippen LogP contribution in [0.25, 0.3) is 0 Å². The highest BCUT2D eigenvalue weighted by Gasteiger charge is 2.44. The van der Waals surface area contributed by atoms with Crippen molar-refractivity contribution in [2.24, 2.45) is 5.41 Å². The molecule has 1 aliphatic carbocycles. The van der Waals surface area contributed by atoms with Crippen molar-refractivity contribution in [1.29, 1.82) is 0 Å². The van der Waals surface area contributed by atoms with Gasteiger partial charge in [-0.15, -0.1) is 0 Å². The van der Waals surface area contributed by atoms with Gasteiger partial charge < -0.3 is 24.1 Å². The maximum atomic E-state index is 10.6. The number of ether oxygens (including phenoxy) is 4. The number of hydrogen-bond donors (Lipinski definition) is 1. The number of aliphatic carboxylic acids is 1. The summed E-state index contributed by atoms with van der Waals surface area (Å²) in [5.41, 5.74) is -0.102. The maximum Gasteiger partial charge on any atom is 0.303 e. The molecule has 0 heterocycles. The van der Waals surface area contributed by atoms with E-state index in [4.69, 9.17) is 24.1 Å². The van der Waals surface area contributed by atoms with Crippen molar-refractivity contribution in [3.63, 3.8) is 0 Å². The largest absolute Gasteiger partial charge is 0.481 e. The second-order valence-electron chi connectivity index (χ2n) is 4.84. The number of carboxylic acids is 1. The van der Waals surface area contributed by atoms with Crippen molar-refractivity contribution in [3.05, 3.63) is 0 Å². The van der Waals surface area contributed by atoms with E-state index < -0.39 is 5.97 Å². The van der Waals surface area contributed by atoms with Crippen LogP contribution in [0.2, 0.25) is 0 Å². The van der Waals surface area contributed by atoms with Crippen LogP contribution in [-0.2, 0) is 23.7 Å². The van der Waals surface area contributed by atoms with Gasteiger partial charge in [0.25, 0.3) is 0 Å². The van der Waals surface area contributed by atoms with Gasteiger partial charge in [-0.25, -0.2) is 0 Å². The van der Waals surface area contributed by atoms with Gasteiger partial charge in [0.15, 0.2) is 0 Å². The Bertz CT molecular complexity index is 252. The van der Waals surface area contributed by atoms with Gasteiger partial charge in [0, 0.05) is 12.5 Å². The molecule has 6 heteroatoms. The van der Waals surface area contributed by atoms with Crippen LogP contribution < -0.4 is 0 Å². The Morgan fingerprint density at radius 2 is 1.53 bits per heavy atom. The molecule has 112 valence electrons. The molecule has 0 radical (unpaired) electrons. The molecule has 1 N–H and O–H groups in total. The lowest BCUT2D eigenvalue weighted by molar-refractivity contribution is -0.139. The van der Waals surface area contributed by atoms with Gasteiger partial charge in [0.1, 0.15) is 0 Å². The van der Waals surface area contributed by atoms with Crippen LogP contribution in [0, 0.1) is 5.41 Å². The second-order valence-corrected chi connectivity index (χ2v) is 4.84. The molecular weight excluding hydrogens is 252 g/mol. The average Bonchev–Trinajstić information content (AvgIpc) is 3.11. The van der Waals surface area contributed by atoms with Gasteiger partial charge in [0.05, 0.1) is 52.7 Å². The predicted molar refractivity (Wildman–Crippen MR) is 68.3 cm³/mol. The fourth-order valence-electron chi connectivity index (χ4n) is 1.74. The molecule has 19 heavy (non-hydrogen) atoms. The molecule has 0 saturated heterocycles. The van der Waals surface area contributed by atoms with E-state index in [1.165, 1.54) is 0 Å². The third-order valence-corrected chi connectivity index (χ3v) is 3.07. The summed E-state index contributed by atoms with van der Waals surface area (Å²) in [7, 11) is 1.63. The van der Waals surface area contributed by atoms with E-state index in [0.29, 0.717) is 46.2 Å². The third kappa shape index (κ3) is 8.15. The molecule has 1 rings (SSSR count). The summed E-state index contributed by atoms with van der Waals surface area (Å²) < 4.78 is 20.9. The summed E-state index contributed by atoms with van der Waals surface area (Å²) in [6.07, 6.45) is 2.11. The Morgan fingerprint density at radius 1 is 1.00 bits per heavy atom. The molecule has 0 aromatic heterocycles. The van der Waals surface area contributed by atoms with E-state index in [2.05, 4.69) is 0 Å². The fraction of sp³-hybridized carbons (Fsp3) is 0.923. The lowest BCUT2D eigenvalue weighted by atomic mass is 10.0. The van der Waals surface area contributed by atoms with Crippen molar-refractivity contribution >= 4 is 5.97 Å². The van der Waals surface area contributed by atoms with Gasteiger partial charge in [-0.05, 0) is 12.8 Å². The topological polar surface area (TPSA) is 74.2 Å². The zero-order valence-corrected chi connectivity index (χ0v) is 11.6. The smallest absolute Gasteiger partial charge is 0.303 e. The van der Waals surface area contributed by atoms with Crippen LogP contribution in [0.3, 0.4) is 0 Å². The third-order valence-electron chi connectivity index (χ3n) is 3.07. The first-order valence-electron chi connectivity index (χ1n) is 6.62. The Labute approximate surface area is 114 Å². The van der Waals surface area contributed by atoms with Crippen molar-refractivity contribution < 1.29 is 28.8 Å². The number of carboxylic acid groups (broad SMARTS) is 1. The molecule has 0 bridgehead atoms. The molecule has 0 unspecified atom stereocenters. The highest BCUT2D eigenvalue weighted by Crippen LogP contribution is 2.48. The first-order chi connectivity index (χ1) is 9.18. The zero-order chi connectivity index (χ0) is 14.0.